The van der Waals surface area contributed by atoms with Crippen molar-refractivity contribution in [1.82, 2.24) is 15.1 Å². The normalized spacial score (nSPS) is 23.7. The Labute approximate surface area is 142 Å². The lowest BCUT2D eigenvalue weighted by atomic mass is 9.91. The summed E-state index contributed by atoms with van der Waals surface area (Å²) in [4.78, 5) is 14.7. The summed E-state index contributed by atoms with van der Waals surface area (Å²) in [5.41, 5.74) is 3.92. The van der Waals surface area contributed by atoms with Crippen LogP contribution in [-0.2, 0) is 17.6 Å². The van der Waals surface area contributed by atoms with Crippen molar-refractivity contribution >= 4 is 5.91 Å². The van der Waals surface area contributed by atoms with E-state index in [4.69, 9.17) is 4.74 Å². The van der Waals surface area contributed by atoms with E-state index >= 15 is 0 Å². The van der Waals surface area contributed by atoms with Crippen molar-refractivity contribution in [3.63, 3.8) is 0 Å². The third kappa shape index (κ3) is 2.73. The Morgan fingerprint density at radius 3 is 2.79 bits per heavy atom. The predicted octanol–water partition coefficient (Wildman–Crippen LogP) is 2.75. The van der Waals surface area contributed by atoms with Gasteiger partial charge in [0.1, 0.15) is 0 Å². The summed E-state index contributed by atoms with van der Waals surface area (Å²) in [7, 11) is 0. The summed E-state index contributed by atoms with van der Waals surface area (Å²) in [6.45, 7) is 5.68. The second-order valence-corrected chi connectivity index (χ2v) is 7.02. The van der Waals surface area contributed by atoms with Crippen molar-refractivity contribution in [1.29, 1.82) is 0 Å². The van der Waals surface area contributed by atoms with Gasteiger partial charge in [0.05, 0.1) is 17.9 Å². The van der Waals surface area contributed by atoms with Gasteiger partial charge in [0, 0.05) is 25.1 Å². The van der Waals surface area contributed by atoms with Crippen LogP contribution in [0.15, 0.2) is 30.3 Å². The number of H-pyrrole nitrogens is 1. The highest BCUT2D eigenvalue weighted by Gasteiger charge is 2.36. The van der Waals surface area contributed by atoms with Crippen LogP contribution in [0, 0.1) is 5.92 Å². The Kier molecular flexibility index (Phi) is 3.88. The molecule has 1 aromatic carbocycles. The third-order valence-electron chi connectivity index (χ3n) is 5.05. The first-order chi connectivity index (χ1) is 11.6. The van der Waals surface area contributed by atoms with E-state index in [1.807, 2.05) is 24.8 Å². The van der Waals surface area contributed by atoms with Gasteiger partial charge in [0.2, 0.25) is 0 Å². The molecule has 4 rings (SSSR count). The Morgan fingerprint density at radius 2 is 2.04 bits per heavy atom. The van der Waals surface area contributed by atoms with Crippen molar-refractivity contribution in [2.75, 3.05) is 13.1 Å². The molecule has 0 spiro atoms. The van der Waals surface area contributed by atoms with Gasteiger partial charge in [-0.2, -0.15) is 5.10 Å². The fourth-order valence-electron chi connectivity index (χ4n) is 3.81. The number of rotatable bonds is 3. The highest BCUT2D eigenvalue weighted by atomic mass is 16.5. The second-order valence-electron chi connectivity index (χ2n) is 7.02. The molecule has 2 aliphatic heterocycles. The molecule has 0 radical (unpaired) electrons. The molecule has 2 aliphatic rings. The van der Waals surface area contributed by atoms with Crippen LogP contribution >= 0.6 is 0 Å². The number of aromatic nitrogens is 2. The minimum Gasteiger partial charge on any atom is -0.369 e. The lowest BCUT2D eigenvalue weighted by molar-refractivity contribution is -0.00709. The van der Waals surface area contributed by atoms with E-state index in [2.05, 4.69) is 34.5 Å². The van der Waals surface area contributed by atoms with Crippen LogP contribution in [-0.4, -0.2) is 40.2 Å². The van der Waals surface area contributed by atoms with Gasteiger partial charge >= 0.3 is 0 Å². The molecule has 5 heteroatoms. The van der Waals surface area contributed by atoms with Crippen LogP contribution < -0.4 is 0 Å². The van der Waals surface area contributed by atoms with Crippen molar-refractivity contribution < 1.29 is 9.53 Å². The summed E-state index contributed by atoms with van der Waals surface area (Å²) in [5, 5.41) is 7.31. The smallest absolute Gasteiger partial charge is 0.274 e. The van der Waals surface area contributed by atoms with Gasteiger partial charge in [0.25, 0.3) is 5.91 Å². The van der Waals surface area contributed by atoms with Gasteiger partial charge in [0.15, 0.2) is 5.69 Å². The monoisotopic (exact) mass is 325 g/mol. The summed E-state index contributed by atoms with van der Waals surface area (Å²) < 4.78 is 5.79. The molecule has 0 aliphatic carbocycles. The molecule has 0 unspecified atom stereocenters. The topological polar surface area (TPSA) is 58.2 Å². The minimum absolute atomic E-state index is 0.0278. The van der Waals surface area contributed by atoms with Gasteiger partial charge in [-0.25, -0.2) is 0 Å². The molecule has 1 saturated heterocycles. The van der Waals surface area contributed by atoms with E-state index < -0.39 is 0 Å². The second kappa shape index (κ2) is 6.06. The molecule has 0 bridgehead atoms. The Balaban J connectivity index is 1.42. The largest absolute Gasteiger partial charge is 0.369 e. The van der Waals surface area contributed by atoms with Gasteiger partial charge in [-0.1, -0.05) is 30.3 Å². The average Bonchev–Trinajstić information content (AvgIpc) is 2.95. The standard InChI is InChI=1S/C19H23N3O2/c1-12-8-16-17(13(2)24-12)20-21-18(16)19(23)22-10-15(11-22)9-14-6-4-3-5-7-14/h3-7,12-13,15H,8-11H2,1-2H3,(H,20,21)/t12-,13+/m1/s1. The summed E-state index contributed by atoms with van der Waals surface area (Å²) in [6, 6.07) is 10.5. The van der Waals surface area contributed by atoms with Gasteiger partial charge < -0.3 is 9.64 Å². The molecular formula is C19H23N3O2. The number of amides is 1. The fourth-order valence-corrected chi connectivity index (χ4v) is 3.81. The van der Waals surface area contributed by atoms with Crippen LogP contribution in [0.25, 0.3) is 0 Å². The number of likely N-dealkylation sites (tertiary alicyclic amines) is 1. The highest BCUT2D eigenvalue weighted by molar-refractivity contribution is 5.94. The van der Waals surface area contributed by atoms with Crippen molar-refractivity contribution in [3.05, 3.63) is 52.8 Å². The predicted molar refractivity (Wildman–Crippen MR) is 90.8 cm³/mol. The van der Waals surface area contributed by atoms with E-state index in [9.17, 15) is 4.79 Å². The highest BCUT2D eigenvalue weighted by Crippen LogP contribution is 2.31. The molecule has 2 aromatic rings. The van der Waals surface area contributed by atoms with Crippen LogP contribution in [0.1, 0.15) is 47.3 Å². The number of fused-ring (bicyclic) bond motifs is 1. The number of benzene rings is 1. The van der Waals surface area contributed by atoms with E-state index in [1.165, 1.54) is 5.56 Å². The first-order valence-corrected chi connectivity index (χ1v) is 8.67. The first-order valence-electron chi connectivity index (χ1n) is 8.67. The van der Waals surface area contributed by atoms with Crippen LogP contribution in [0.5, 0.6) is 0 Å². The summed E-state index contributed by atoms with van der Waals surface area (Å²) in [5.74, 6) is 0.602. The van der Waals surface area contributed by atoms with Gasteiger partial charge in [-0.15, -0.1) is 0 Å². The van der Waals surface area contributed by atoms with Crippen molar-refractivity contribution in [2.45, 2.75) is 38.9 Å². The quantitative estimate of drug-likeness (QED) is 0.944. The zero-order valence-corrected chi connectivity index (χ0v) is 14.2. The number of carbonyl (C=O) groups is 1. The number of nitrogens with one attached hydrogen (secondary N) is 1. The Hall–Kier alpha value is -2.14. The maximum atomic E-state index is 12.8. The molecule has 24 heavy (non-hydrogen) atoms. The van der Waals surface area contributed by atoms with Gasteiger partial charge in [-0.3, -0.25) is 9.89 Å². The number of hydrogen-bond donors (Lipinski definition) is 1. The Morgan fingerprint density at radius 1 is 1.29 bits per heavy atom. The number of nitrogens with zero attached hydrogens (tertiary/aromatic N) is 2. The van der Waals surface area contributed by atoms with Crippen molar-refractivity contribution in [2.24, 2.45) is 5.92 Å². The molecule has 1 amide bonds. The maximum Gasteiger partial charge on any atom is 0.274 e. The molecule has 1 aromatic heterocycles. The van der Waals surface area contributed by atoms with E-state index in [0.29, 0.717) is 11.6 Å². The first kappa shape index (κ1) is 15.4. The van der Waals surface area contributed by atoms with Crippen LogP contribution in [0.4, 0.5) is 0 Å². The van der Waals surface area contributed by atoms with Gasteiger partial charge in [-0.05, 0) is 31.7 Å². The fraction of sp³-hybridized carbons (Fsp3) is 0.474. The van der Waals surface area contributed by atoms with E-state index in [1.54, 1.807) is 0 Å². The summed E-state index contributed by atoms with van der Waals surface area (Å²) in [6.07, 6.45) is 1.88. The Bertz CT molecular complexity index is 734. The molecule has 2 atom stereocenters. The minimum atomic E-state index is -0.0278. The number of hydrogen-bond acceptors (Lipinski definition) is 3. The molecular weight excluding hydrogens is 302 g/mol. The molecule has 126 valence electrons. The number of carbonyl (C=O) groups excluding carboxylic acids is 1. The molecule has 0 saturated carbocycles. The zero-order valence-electron chi connectivity index (χ0n) is 14.2. The lowest BCUT2D eigenvalue weighted by Gasteiger charge is -2.39. The lowest BCUT2D eigenvalue weighted by Crippen LogP contribution is -2.51. The molecule has 1 fully saturated rings. The van der Waals surface area contributed by atoms with Crippen LogP contribution in [0.3, 0.4) is 0 Å². The average molecular weight is 325 g/mol. The van der Waals surface area contributed by atoms with E-state index in [-0.39, 0.29) is 18.1 Å². The SMILES string of the molecule is C[C@@H]1Cc2c(C(=O)N3CC(Cc4ccccc4)C3)n[nH]c2[C@H](C)O1. The van der Waals surface area contributed by atoms with Crippen molar-refractivity contribution in [3.8, 4) is 0 Å². The van der Waals surface area contributed by atoms with Crippen LogP contribution in [0.2, 0.25) is 0 Å². The number of aromatic amines is 1. The number of ether oxygens (including phenoxy) is 1. The van der Waals surface area contributed by atoms with E-state index in [0.717, 1.165) is 37.2 Å². The molecule has 5 nitrogen and oxygen atoms in total. The molecule has 1 N–H and O–H groups in total. The summed E-state index contributed by atoms with van der Waals surface area (Å²) >= 11 is 0. The third-order valence-corrected chi connectivity index (χ3v) is 5.05. The maximum absolute atomic E-state index is 12.8. The molecule has 3 heterocycles. The zero-order chi connectivity index (χ0) is 16.7.